The molecule has 66 heavy (non-hydrogen) atoms. The molecule has 1 aromatic heterocycles. The Morgan fingerprint density at radius 2 is 0.742 bits per heavy atom. The molecule has 13 aromatic rings. The minimum atomic E-state index is 1.09. The van der Waals surface area contributed by atoms with E-state index in [0.29, 0.717) is 0 Å². The van der Waals surface area contributed by atoms with Crippen LogP contribution in [0.4, 0.5) is 17.1 Å². The molecule has 0 amide bonds. The first-order valence-electron chi connectivity index (χ1n) is 22.7. The van der Waals surface area contributed by atoms with Gasteiger partial charge < -0.3 is 4.90 Å². The van der Waals surface area contributed by atoms with E-state index in [9.17, 15) is 0 Å². The number of benzene rings is 12. The van der Waals surface area contributed by atoms with Gasteiger partial charge in [-0.3, -0.25) is 0 Å². The highest BCUT2D eigenvalue weighted by atomic mass is 32.1. The summed E-state index contributed by atoms with van der Waals surface area (Å²) in [6, 6.07) is 91.5. The minimum Gasteiger partial charge on any atom is -0.310 e. The first kappa shape index (κ1) is 38.2. The number of rotatable bonds is 7. The lowest BCUT2D eigenvalue weighted by Crippen LogP contribution is -2.11. The Morgan fingerprint density at radius 3 is 1.48 bits per heavy atom. The molecular weight excluding hydrogens is 815 g/mol. The third kappa shape index (κ3) is 6.37. The number of hydrogen-bond acceptors (Lipinski definition) is 2. The standard InChI is InChI=1S/C64H41NS/c1-2-18-50-43(14-1)15-12-25-51(50)46-16-11-17-47(40-46)52-19-7-9-27-61(52)65(49-37-32-44(33-38-49)53-26-13-29-63-64(53)59-24-8-10-28-62(59)66-63)48-35-30-42(31-36-48)45-34-39-58-56-22-4-3-20-54(56)55-21-5-6-23-57(55)60(58)41-45/h1-41H. The summed E-state index contributed by atoms with van der Waals surface area (Å²) in [5.74, 6) is 0. The molecule has 0 spiro atoms. The topological polar surface area (TPSA) is 3.24 Å². The van der Waals surface area contributed by atoms with Gasteiger partial charge in [-0.1, -0.05) is 194 Å². The zero-order valence-corrected chi connectivity index (χ0v) is 36.8. The second kappa shape index (κ2) is 15.7. The van der Waals surface area contributed by atoms with Gasteiger partial charge in [0.05, 0.1) is 5.69 Å². The van der Waals surface area contributed by atoms with Crippen LogP contribution in [0.2, 0.25) is 0 Å². The van der Waals surface area contributed by atoms with Crippen LogP contribution < -0.4 is 4.90 Å². The molecule has 0 bridgehead atoms. The van der Waals surface area contributed by atoms with E-state index in [2.05, 4.69) is 254 Å². The van der Waals surface area contributed by atoms with Crippen molar-refractivity contribution < 1.29 is 0 Å². The van der Waals surface area contributed by atoms with Crippen LogP contribution in [0, 0.1) is 0 Å². The van der Waals surface area contributed by atoms with Crippen molar-refractivity contribution in [2.75, 3.05) is 4.90 Å². The largest absolute Gasteiger partial charge is 0.310 e. The smallest absolute Gasteiger partial charge is 0.0540 e. The molecule has 0 radical (unpaired) electrons. The predicted molar refractivity (Wildman–Crippen MR) is 286 cm³/mol. The number of fused-ring (bicyclic) bond motifs is 10. The van der Waals surface area contributed by atoms with Crippen LogP contribution >= 0.6 is 11.3 Å². The van der Waals surface area contributed by atoms with E-state index < -0.39 is 0 Å². The maximum atomic E-state index is 2.42. The summed E-state index contributed by atoms with van der Waals surface area (Å²) < 4.78 is 2.63. The fourth-order valence-corrected chi connectivity index (χ4v) is 11.5. The van der Waals surface area contributed by atoms with Gasteiger partial charge in [-0.05, 0) is 137 Å². The van der Waals surface area contributed by atoms with Crippen molar-refractivity contribution in [3.63, 3.8) is 0 Å². The van der Waals surface area contributed by atoms with Gasteiger partial charge in [0.25, 0.3) is 0 Å². The molecule has 0 unspecified atom stereocenters. The summed E-state index contributed by atoms with van der Waals surface area (Å²) in [4.78, 5) is 2.42. The molecule has 0 aliphatic carbocycles. The van der Waals surface area contributed by atoms with Crippen LogP contribution in [0.5, 0.6) is 0 Å². The first-order valence-corrected chi connectivity index (χ1v) is 23.5. The molecule has 12 aromatic carbocycles. The van der Waals surface area contributed by atoms with Crippen molar-refractivity contribution in [1.82, 2.24) is 0 Å². The lowest BCUT2D eigenvalue weighted by atomic mass is 9.92. The maximum absolute atomic E-state index is 2.42. The van der Waals surface area contributed by atoms with E-state index in [1.807, 2.05) is 11.3 Å². The average Bonchev–Trinajstić information content (AvgIpc) is 3.78. The number of anilines is 3. The van der Waals surface area contributed by atoms with Gasteiger partial charge in [0, 0.05) is 37.1 Å². The summed E-state index contributed by atoms with van der Waals surface area (Å²) in [7, 11) is 0. The van der Waals surface area contributed by atoms with Crippen molar-refractivity contribution in [3.05, 3.63) is 249 Å². The van der Waals surface area contributed by atoms with Gasteiger partial charge >= 0.3 is 0 Å². The SMILES string of the molecule is c1cc(-c2ccccc2N(c2ccc(-c3ccc4c5ccccc5c5ccccc5c4c3)cc2)c2ccc(-c3cccc4sc5ccccc5c34)cc2)cc(-c2cccc3ccccc23)c1. The molecule has 308 valence electrons. The van der Waals surface area contributed by atoms with Crippen molar-refractivity contribution in [3.8, 4) is 44.5 Å². The Morgan fingerprint density at radius 1 is 0.258 bits per heavy atom. The number of nitrogens with zero attached hydrogens (tertiary/aromatic N) is 1. The van der Waals surface area contributed by atoms with Crippen LogP contribution in [-0.2, 0) is 0 Å². The maximum Gasteiger partial charge on any atom is 0.0540 e. The molecule has 0 N–H and O–H groups in total. The van der Waals surface area contributed by atoms with Crippen LogP contribution in [0.1, 0.15) is 0 Å². The van der Waals surface area contributed by atoms with E-state index in [-0.39, 0.29) is 0 Å². The molecule has 0 atom stereocenters. The Labute approximate surface area is 387 Å². The molecule has 1 nitrogen and oxygen atoms in total. The highest BCUT2D eigenvalue weighted by Gasteiger charge is 2.19. The highest BCUT2D eigenvalue weighted by molar-refractivity contribution is 7.25. The Bertz CT molecular complexity index is 3950. The third-order valence-electron chi connectivity index (χ3n) is 13.5. The summed E-state index contributed by atoms with van der Waals surface area (Å²) in [6.45, 7) is 0. The number of hydrogen-bond donors (Lipinski definition) is 0. The summed E-state index contributed by atoms with van der Waals surface area (Å²) >= 11 is 1.86. The summed E-state index contributed by atoms with van der Waals surface area (Å²) in [5, 5.41) is 12.8. The van der Waals surface area contributed by atoms with Crippen LogP contribution in [0.15, 0.2) is 249 Å². The number of para-hydroxylation sites is 1. The molecule has 0 aliphatic heterocycles. The van der Waals surface area contributed by atoms with Crippen molar-refractivity contribution in [2.24, 2.45) is 0 Å². The van der Waals surface area contributed by atoms with Gasteiger partial charge in [0.1, 0.15) is 0 Å². The van der Waals surface area contributed by atoms with Gasteiger partial charge in [-0.2, -0.15) is 0 Å². The fourth-order valence-electron chi connectivity index (χ4n) is 10.4. The Hall–Kier alpha value is -8.30. The van der Waals surface area contributed by atoms with Gasteiger partial charge in [-0.25, -0.2) is 0 Å². The van der Waals surface area contributed by atoms with Crippen molar-refractivity contribution in [1.29, 1.82) is 0 Å². The summed E-state index contributed by atoms with van der Waals surface area (Å²) in [6.07, 6.45) is 0. The van der Waals surface area contributed by atoms with Gasteiger partial charge in [-0.15, -0.1) is 11.3 Å². The minimum absolute atomic E-state index is 1.09. The molecule has 0 aliphatic rings. The van der Waals surface area contributed by atoms with E-state index in [1.165, 1.54) is 102 Å². The molecule has 13 rings (SSSR count). The Balaban J connectivity index is 0.946. The highest BCUT2D eigenvalue weighted by Crippen LogP contribution is 2.45. The predicted octanol–water partition coefficient (Wildman–Crippen LogP) is 18.8. The number of thiophene rings is 1. The lowest BCUT2D eigenvalue weighted by Gasteiger charge is -2.28. The normalized spacial score (nSPS) is 11.6. The van der Waals surface area contributed by atoms with Crippen molar-refractivity contribution >= 4 is 91.7 Å². The fraction of sp³-hybridized carbons (Fsp3) is 0. The zero-order valence-electron chi connectivity index (χ0n) is 36.0. The monoisotopic (exact) mass is 855 g/mol. The lowest BCUT2D eigenvalue weighted by molar-refractivity contribution is 1.28. The van der Waals surface area contributed by atoms with Crippen LogP contribution in [0.3, 0.4) is 0 Å². The molecular formula is C64H41NS. The quantitative estimate of drug-likeness (QED) is 0.144. The third-order valence-corrected chi connectivity index (χ3v) is 14.6. The second-order valence-corrected chi connectivity index (χ2v) is 18.3. The molecule has 1 heterocycles. The zero-order chi connectivity index (χ0) is 43.6. The molecule has 0 saturated heterocycles. The van der Waals surface area contributed by atoms with E-state index in [0.717, 1.165) is 22.6 Å². The molecule has 0 saturated carbocycles. The molecule has 2 heteroatoms. The van der Waals surface area contributed by atoms with Crippen LogP contribution in [0.25, 0.3) is 108 Å². The van der Waals surface area contributed by atoms with E-state index in [1.54, 1.807) is 0 Å². The van der Waals surface area contributed by atoms with Crippen LogP contribution in [-0.4, -0.2) is 0 Å². The Kier molecular flexibility index (Phi) is 9.11. The average molecular weight is 856 g/mol. The van der Waals surface area contributed by atoms with Gasteiger partial charge in [0.15, 0.2) is 0 Å². The molecule has 0 fully saturated rings. The second-order valence-electron chi connectivity index (χ2n) is 17.2. The van der Waals surface area contributed by atoms with E-state index >= 15 is 0 Å². The first-order chi connectivity index (χ1) is 32.7. The summed E-state index contributed by atoms with van der Waals surface area (Å²) in [5.41, 5.74) is 12.9. The van der Waals surface area contributed by atoms with Crippen molar-refractivity contribution in [2.45, 2.75) is 0 Å². The van der Waals surface area contributed by atoms with E-state index in [4.69, 9.17) is 0 Å². The van der Waals surface area contributed by atoms with Gasteiger partial charge in [0.2, 0.25) is 0 Å².